The van der Waals surface area contributed by atoms with Gasteiger partial charge in [0.05, 0.1) is 6.10 Å². The van der Waals surface area contributed by atoms with Crippen LogP contribution in [0, 0.1) is 0 Å². The van der Waals surface area contributed by atoms with Crippen molar-refractivity contribution in [3.63, 3.8) is 0 Å². The van der Waals surface area contributed by atoms with Crippen LogP contribution in [0.3, 0.4) is 0 Å². The van der Waals surface area contributed by atoms with E-state index in [1.54, 1.807) is 0 Å². The van der Waals surface area contributed by atoms with Crippen LogP contribution in [0.5, 0.6) is 0 Å². The van der Waals surface area contributed by atoms with Gasteiger partial charge < -0.3 is 4.43 Å². The summed E-state index contributed by atoms with van der Waals surface area (Å²) in [5.41, 5.74) is 5.14. The first-order valence-corrected chi connectivity index (χ1v) is 8.46. The van der Waals surface area contributed by atoms with Gasteiger partial charge >= 0.3 is 0 Å². The van der Waals surface area contributed by atoms with Crippen LogP contribution < -0.4 is 0 Å². The molecule has 1 nitrogen and oxygen atoms in total. The monoisotopic (exact) mass is 218 g/mol. The lowest BCUT2D eigenvalue weighted by atomic mass is 10.0. The van der Waals surface area contributed by atoms with E-state index in [9.17, 15) is 0 Å². The zero-order valence-corrected chi connectivity index (χ0v) is 10.7. The lowest BCUT2D eigenvalue weighted by molar-refractivity contribution is 0.193. The third-order valence-corrected chi connectivity index (χ3v) is 4.80. The van der Waals surface area contributed by atoms with Crippen molar-refractivity contribution in [3.05, 3.63) is 47.2 Å². The summed E-state index contributed by atoms with van der Waals surface area (Å²) in [4.78, 5) is 0. The summed E-state index contributed by atoms with van der Waals surface area (Å²) in [5, 5.41) is 0. The fourth-order valence-corrected chi connectivity index (χ4v) is 4.57. The molecule has 2 rings (SSSR count). The van der Waals surface area contributed by atoms with Crippen LogP contribution >= 0.6 is 0 Å². The first-order valence-electron chi connectivity index (χ1n) is 5.48. The zero-order chi connectivity index (χ0) is 10.9. The largest absolute Gasteiger partial charge is 0.406 e. The first-order chi connectivity index (χ1) is 7.07. The van der Waals surface area contributed by atoms with Gasteiger partial charge in [-0.2, -0.15) is 0 Å². The van der Waals surface area contributed by atoms with Gasteiger partial charge in [-0.3, -0.25) is 0 Å². The molecule has 1 heterocycles. The molecule has 0 bridgehead atoms. The number of hydrogen-bond donors (Lipinski definition) is 0. The Morgan fingerprint density at radius 1 is 1.20 bits per heavy atom. The number of rotatable bonds is 1. The number of hydrogen-bond acceptors (Lipinski definition) is 1. The van der Waals surface area contributed by atoms with Crippen LogP contribution in [-0.4, -0.2) is 8.32 Å². The zero-order valence-electron chi connectivity index (χ0n) is 9.66. The van der Waals surface area contributed by atoms with Crippen molar-refractivity contribution in [1.82, 2.24) is 0 Å². The van der Waals surface area contributed by atoms with Crippen LogP contribution in [0.4, 0.5) is 0 Å². The minimum Gasteiger partial charge on any atom is -0.406 e. The van der Waals surface area contributed by atoms with Crippen molar-refractivity contribution in [3.8, 4) is 0 Å². The highest BCUT2D eigenvalue weighted by atomic mass is 28.4. The Hall–Kier alpha value is -0.863. The molecule has 0 aromatic heterocycles. The standard InChI is InChI=1S/C13H18OSi/c1-11-9-13(14-15(2,3)10-11)12-7-5-4-6-8-12/h4-8,10,13H,9H2,1-3H3. The summed E-state index contributed by atoms with van der Waals surface area (Å²) >= 11 is 0. The molecule has 1 aromatic carbocycles. The maximum Gasteiger partial charge on any atom is 0.211 e. The van der Waals surface area contributed by atoms with Crippen molar-refractivity contribution in [2.45, 2.75) is 32.5 Å². The Bertz CT molecular complexity index is 367. The second kappa shape index (κ2) is 3.95. The second-order valence-corrected chi connectivity index (χ2v) is 8.55. The highest BCUT2D eigenvalue weighted by Gasteiger charge is 2.29. The smallest absolute Gasteiger partial charge is 0.211 e. The van der Waals surface area contributed by atoms with E-state index in [-0.39, 0.29) is 6.10 Å². The van der Waals surface area contributed by atoms with E-state index in [2.05, 4.69) is 56.0 Å². The molecule has 0 radical (unpaired) electrons. The average Bonchev–Trinajstić information content (AvgIpc) is 2.16. The van der Waals surface area contributed by atoms with E-state index < -0.39 is 8.32 Å². The predicted molar refractivity (Wildman–Crippen MR) is 66.1 cm³/mol. The van der Waals surface area contributed by atoms with Crippen molar-refractivity contribution >= 4 is 8.32 Å². The van der Waals surface area contributed by atoms with E-state index in [1.807, 2.05) is 0 Å². The molecule has 1 aliphatic rings. The molecule has 2 heteroatoms. The minimum atomic E-state index is -1.56. The molecular formula is C13H18OSi. The Morgan fingerprint density at radius 3 is 2.47 bits per heavy atom. The lowest BCUT2D eigenvalue weighted by Gasteiger charge is -2.32. The van der Waals surface area contributed by atoms with Gasteiger partial charge in [-0.25, -0.2) is 0 Å². The molecule has 0 fully saturated rings. The van der Waals surface area contributed by atoms with Crippen LogP contribution in [-0.2, 0) is 4.43 Å². The molecule has 0 saturated carbocycles. The first kappa shape index (κ1) is 10.6. The summed E-state index contributed by atoms with van der Waals surface area (Å²) < 4.78 is 6.19. The maximum absolute atomic E-state index is 6.19. The average molecular weight is 218 g/mol. The fraction of sp³-hybridized carbons (Fsp3) is 0.385. The highest BCUT2D eigenvalue weighted by molar-refractivity contribution is 6.76. The molecule has 1 unspecified atom stereocenters. The molecule has 0 spiro atoms. The summed E-state index contributed by atoms with van der Waals surface area (Å²) in [7, 11) is -1.56. The second-order valence-electron chi connectivity index (χ2n) is 4.82. The van der Waals surface area contributed by atoms with Crippen molar-refractivity contribution in [2.24, 2.45) is 0 Å². The summed E-state index contributed by atoms with van der Waals surface area (Å²) in [5.74, 6) is 0. The molecule has 15 heavy (non-hydrogen) atoms. The van der Waals surface area contributed by atoms with Crippen molar-refractivity contribution in [1.29, 1.82) is 0 Å². The van der Waals surface area contributed by atoms with Gasteiger partial charge in [-0.05, 0) is 32.0 Å². The lowest BCUT2D eigenvalue weighted by Crippen LogP contribution is -2.34. The highest BCUT2D eigenvalue weighted by Crippen LogP contribution is 2.33. The van der Waals surface area contributed by atoms with Gasteiger partial charge in [0, 0.05) is 0 Å². The summed E-state index contributed by atoms with van der Waals surface area (Å²) in [6.45, 7) is 6.73. The van der Waals surface area contributed by atoms with E-state index in [4.69, 9.17) is 4.43 Å². The fourth-order valence-electron chi connectivity index (χ4n) is 2.24. The predicted octanol–water partition coefficient (Wildman–Crippen LogP) is 3.84. The SMILES string of the molecule is CC1=C[Si](C)(C)OC(c2ccccc2)C1. The molecule has 1 aliphatic heterocycles. The van der Waals surface area contributed by atoms with Crippen LogP contribution in [0.25, 0.3) is 0 Å². The van der Waals surface area contributed by atoms with Gasteiger partial charge in [0.15, 0.2) is 0 Å². The molecule has 80 valence electrons. The minimum absolute atomic E-state index is 0.276. The van der Waals surface area contributed by atoms with Gasteiger partial charge in [0.2, 0.25) is 8.32 Å². The van der Waals surface area contributed by atoms with E-state index >= 15 is 0 Å². The quantitative estimate of drug-likeness (QED) is 0.651. The van der Waals surface area contributed by atoms with Crippen LogP contribution in [0.15, 0.2) is 41.6 Å². The number of benzene rings is 1. The van der Waals surface area contributed by atoms with E-state index in [0.717, 1.165) is 6.42 Å². The third-order valence-electron chi connectivity index (χ3n) is 2.72. The molecule has 0 saturated heterocycles. The van der Waals surface area contributed by atoms with E-state index in [1.165, 1.54) is 11.1 Å². The Balaban J connectivity index is 2.24. The summed E-state index contributed by atoms with van der Waals surface area (Å²) in [6.07, 6.45) is 1.32. The van der Waals surface area contributed by atoms with Gasteiger partial charge in [-0.15, -0.1) is 0 Å². The van der Waals surface area contributed by atoms with Gasteiger partial charge in [0.1, 0.15) is 0 Å². The summed E-state index contributed by atoms with van der Waals surface area (Å²) in [6, 6.07) is 10.5. The Morgan fingerprint density at radius 2 is 1.87 bits per heavy atom. The van der Waals surface area contributed by atoms with Gasteiger partial charge in [0.25, 0.3) is 0 Å². The molecule has 0 aliphatic carbocycles. The maximum atomic E-state index is 6.19. The van der Waals surface area contributed by atoms with E-state index in [0.29, 0.717) is 0 Å². The third kappa shape index (κ3) is 2.58. The normalized spacial score (nSPS) is 24.7. The molecule has 1 aromatic rings. The molecule has 0 N–H and O–H groups in total. The Labute approximate surface area is 92.9 Å². The van der Waals surface area contributed by atoms with Gasteiger partial charge in [-0.1, -0.05) is 41.6 Å². The van der Waals surface area contributed by atoms with Crippen molar-refractivity contribution < 1.29 is 4.43 Å². The van der Waals surface area contributed by atoms with Crippen LogP contribution in [0.1, 0.15) is 25.0 Å². The van der Waals surface area contributed by atoms with Crippen LogP contribution in [0.2, 0.25) is 13.1 Å². The molecular weight excluding hydrogens is 200 g/mol. The Kier molecular flexibility index (Phi) is 2.80. The van der Waals surface area contributed by atoms with Crippen molar-refractivity contribution in [2.75, 3.05) is 0 Å². The molecule has 1 atom stereocenters. The molecule has 0 amide bonds. The topological polar surface area (TPSA) is 9.23 Å².